The molecular weight excluding hydrogens is 395 g/mol. The molecule has 0 aliphatic heterocycles. The Labute approximate surface area is 162 Å². The zero-order valence-corrected chi connectivity index (χ0v) is 15.6. The van der Waals surface area contributed by atoms with Crippen molar-refractivity contribution in [1.82, 2.24) is 9.55 Å². The summed E-state index contributed by atoms with van der Waals surface area (Å²) in [7, 11) is 0. The lowest BCUT2D eigenvalue weighted by atomic mass is 10.1. The molecule has 6 nitrogen and oxygen atoms in total. The van der Waals surface area contributed by atoms with Gasteiger partial charge in [0.25, 0.3) is 0 Å². The van der Waals surface area contributed by atoms with Crippen molar-refractivity contribution in [1.29, 1.82) is 0 Å². The number of para-hydroxylation sites is 1. The molecule has 1 aliphatic rings. The Morgan fingerprint density at radius 2 is 2.04 bits per heavy atom. The van der Waals surface area contributed by atoms with Gasteiger partial charge < -0.3 is 10.4 Å². The third-order valence-electron chi connectivity index (χ3n) is 4.37. The Morgan fingerprint density at radius 3 is 2.75 bits per heavy atom. The average molecular weight is 413 g/mol. The number of rotatable bonds is 6. The zero-order chi connectivity index (χ0) is 20.3. The van der Waals surface area contributed by atoms with Crippen molar-refractivity contribution in [3.05, 3.63) is 51.6 Å². The lowest BCUT2D eigenvalue weighted by molar-refractivity contribution is -0.137. The van der Waals surface area contributed by atoms with Gasteiger partial charge in [0, 0.05) is 11.3 Å². The number of carbonyl (C=O) groups is 1. The molecule has 0 saturated carbocycles. The normalized spacial score (nSPS) is 13.4. The fourth-order valence-corrected chi connectivity index (χ4v) is 4.07. The molecule has 1 aliphatic carbocycles. The number of aliphatic hydroxyl groups excluding tert-OH is 1. The van der Waals surface area contributed by atoms with E-state index in [0.29, 0.717) is 17.9 Å². The van der Waals surface area contributed by atoms with Gasteiger partial charge in [-0.25, -0.2) is 4.79 Å². The number of halogens is 3. The van der Waals surface area contributed by atoms with E-state index >= 15 is 0 Å². The molecule has 0 fully saturated rings. The number of anilines is 1. The first-order chi connectivity index (χ1) is 13.3. The summed E-state index contributed by atoms with van der Waals surface area (Å²) in [5.74, 6) is -0.787. The summed E-state index contributed by atoms with van der Waals surface area (Å²) in [6.07, 6.45) is -2.35. The van der Waals surface area contributed by atoms with Gasteiger partial charge in [0.15, 0.2) is 0 Å². The molecule has 10 heteroatoms. The van der Waals surface area contributed by atoms with Crippen LogP contribution in [0.25, 0.3) is 0 Å². The van der Waals surface area contributed by atoms with Crippen LogP contribution in [0.2, 0.25) is 0 Å². The molecule has 0 saturated heterocycles. The van der Waals surface area contributed by atoms with Gasteiger partial charge in [0.05, 0.1) is 30.2 Å². The van der Waals surface area contributed by atoms with Gasteiger partial charge in [-0.15, -0.1) is 0 Å². The van der Waals surface area contributed by atoms with Crippen molar-refractivity contribution in [3.8, 4) is 0 Å². The summed E-state index contributed by atoms with van der Waals surface area (Å²) in [6, 6.07) is 4.75. The summed E-state index contributed by atoms with van der Waals surface area (Å²) >= 11 is 1.03. The fraction of sp³-hybridized carbons (Fsp3) is 0.389. The van der Waals surface area contributed by atoms with E-state index < -0.39 is 23.3 Å². The maximum Gasteiger partial charge on any atom is 0.418 e. The van der Waals surface area contributed by atoms with Crippen molar-refractivity contribution >= 4 is 23.4 Å². The highest BCUT2D eigenvalue weighted by atomic mass is 32.2. The molecule has 0 atom stereocenters. The van der Waals surface area contributed by atoms with Crippen molar-refractivity contribution < 1.29 is 23.1 Å². The quantitative estimate of drug-likeness (QED) is 0.562. The first-order valence-electron chi connectivity index (χ1n) is 8.63. The number of alkyl halides is 3. The summed E-state index contributed by atoms with van der Waals surface area (Å²) in [5.41, 5.74) is -0.0583. The third kappa shape index (κ3) is 4.39. The Morgan fingerprint density at radius 1 is 1.29 bits per heavy atom. The van der Waals surface area contributed by atoms with Gasteiger partial charge in [-0.1, -0.05) is 23.9 Å². The maximum absolute atomic E-state index is 13.0. The smallest absolute Gasteiger partial charge is 0.395 e. The second kappa shape index (κ2) is 8.36. The predicted octanol–water partition coefficient (Wildman–Crippen LogP) is 2.47. The minimum Gasteiger partial charge on any atom is -0.395 e. The van der Waals surface area contributed by atoms with E-state index in [0.717, 1.165) is 35.5 Å². The Hall–Kier alpha value is -2.33. The Balaban J connectivity index is 1.74. The maximum atomic E-state index is 13.0. The molecule has 2 N–H and O–H groups in total. The molecule has 0 bridgehead atoms. The summed E-state index contributed by atoms with van der Waals surface area (Å²) < 4.78 is 40.5. The van der Waals surface area contributed by atoms with Crippen LogP contribution in [-0.4, -0.2) is 32.9 Å². The lowest BCUT2D eigenvalue weighted by Gasteiger charge is -2.14. The second-order valence-electron chi connectivity index (χ2n) is 6.23. The standard InChI is InChI=1S/C18H18F3N3O3S/c19-18(20,21)12-5-1-2-6-13(12)22-15(26)10-28-16-11-4-3-7-14(11)24(8-9-25)17(27)23-16/h1-2,5-6,25H,3-4,7-10H2,(H,22,26). The van der Waals surface area contributed by atoms with Crippen LogP contribution in [0.4, 0.5) is 18.9 Å². The molecule has 1 aromatic heterocycles. The van der Waals surface area contributed by atoms with Crippen LogP contribution in [-0.2, 0) is 30.4 Å². The summed E-state index contributed by atoms with van der Waals surface area (Å²) in [6.45, 7) is -0.0185. The third-order valence-corrected chi connectivity index (χ3v) is 5.39. The SMILES string of the molecule is O=C(CSc1nc(=O)n(CCO)c2c1CCC2)Nc1ccccc1C(F)(F)F. The second-order valence-corrected chi connectivity index (χ2v) is 7.20. The summed E-state index contributed by atoms with van der Waals surface area (Å²) in [4.78, 5) is 28.4. The first-order valence-corrected chi connectivity index (χ1v) is 9.62. The number of hydrogen-bond acceptors (Lipinski definition) is 5. The monoisotopic (exact) mass is 413 g/mol. The van der Waals surface area contributed by atoms with Gasteiger partial charge >= 0.3 is 11.9 Å². The minimum absolute atomic E-state index is 0.161. The number of aromatic nitrogens is 2. The van der Waals surface area contributed by atoms with Gasteiger partial charge in [-0.05, 0) is 31.4 Å². The topological polar surface area (TPSA) is 84.2 Å². The van der Waals surface area contributed by atoms with Gasteiger partial charge in [-0.2, -0.15) is 18.2 Å². The number of benzene rings is 1. The van der Waals surface area contributed by atoms with Crippen LogP contribution in [0, 0.1) is 0 Å². The Bertz CT molecular complexity index is 944. The summed E-state index contributed by atoms with van der Waals surface area (Å²) in [5, 5.41) is 11.8. The molecule has 0 spiro atoms. The van der Waals surface area contributed by atoms with Crippen LogP contribution in [0.1, 0.15) is 23.2 Å². The van der Waals surface area contributed by atoms with Crippen LogP contribution in [0.5, 0.6) is 0 Å². The van der Waals surface area contributed by atoms with E-state index in [1.807, 2.05) is 0 Å². The average Bonchev–Trinajstić information content (AvgIpc) is 3.12. The number of hydrogen-bond donors (Lipinski definition) is 2. The molecule has 28 heavy (non-hydrogen) atoms. The van der Waals surface area contributed by atoms with E-state index in [1.165, 1.54) is 22.8 Å². The van der Waals surface area contributed by atoms with Gasteiger partial charge in [0.2, 0.25) is 5.91 Å². The van der Waals surface area contributed by atoms with Crippen LogP contribution < -0.4 is 11.0 Å². The number of nitrogens with one attached hydrogen (secondary N) is 1. The Kier molecular flexibility index (Phi) is 6.09. The molecule has 150 valence electrons. The molecule has 1 amide bonds. The van der Waals surface area contributed by atoms with Crippen LogP contribution in [0.3, 0.4) is 0 Å². The highest BCUT2D eigenvalue weighted by Gasteiger charge is 2.33. The number of nitrogens with zero attached hydrogens (tertiary/aromatic N) is 2. The van der Waals surface area contributed by atoms with E-state index in [9.17, 15) is 22.8 Å². The molecule has 3 rings (SSSR count). The zero-order valence-electron chi connectivity index (χ0n) is 14.8. The van der Waals surface area contributed by atoms with Gasteiger partial charge in [-0.3, -0.25) is 9.36 Å². The van der Waals surface area contributed by atoms with Crippen molar-refractivity contribution in [3.63, 3.8) is 0 Å². The molecule has 0 unspecified atom stereocenters. The minimum atomic E-state index is -4.57. The lowest BCUT2D eigenvalue weighted by Crippen LogP contribution is -2.28. The van der Waals surface area contributed by atoms with Gasteiger partial charge in [0.1, 0.15) is 5.03 Å². The highest BCUT2D eigenvalue weighted by Crippen LogP contribution is 2.35. The number of carbonyl (C=O) groups excluding carboxylic acids is 1. The van der Waals surface area contributed by atoms with Crippen LogP contribution >= 0.6 is 11.8 Å². The van der Waals surface area contributed by atoms with E-state index in [1.54, 1.807) is 0 Å². The van der Waals surface area contributed by atoms with Crippen molar-refractivity contribution in [2.24, 2.45) is 0 Å². The van der Waals surface area contributed by atoms with Crippen molar-refractivity contribution in [2.45, 2.75) is 37.0 Å². The number of thioether (sulfide) groups is 1. The number of aliphatic hydroxyl groups is 1. The fourth-order valence-electron chi connectivity index (χ4n) is 3.20. The van der Waals surface area contributed by atoms with Crippen molar-refractivity contribution in [2.75, 3.05) is 17.7 Å². The largest absolute Gasteiger partial charge is 0.418 e. The van der Waals surface area contributed by atoms with E-state index in [4.69, 9.17) is 5.11 Å². The predicted molar refractivity (Wildman–Crippen MR) is 98.4 cm³/mol. The van der Waals surface area contributed by atoms with Crippen LogP contribution in [0.15, 0.2) is 34.1 Å². The highest BCUT2D eigenvalue weighted by molar-refractivity contribution is 8.00. The van der Waals surface area contributed by atoms with E-state index in [-0.39, 0.29) is 24.6 Å². The molecular formula is C18H18F3N3O3S. The molecule has 1 heterocycles. The number of amides is 1. The number of fused-ring (bicyclic) bond motifs is 1. The van der Waals surface area contributed by atoms with E-state index in [2.05, 4.69) is 10.3 Å². The molecule has 2 aromatic rings. The molecule has 0 radical (unpaired) electrons. The first kappa shape index (κ1) is 20.4. The molecule has 1 aromatic carbocycles.